The zero-order valence-electron chi connectivity index (χ0n) is 24.3. The highest BCUT2D eigenvalue weighted by molar-refractivity contribution is 5.68. The molecule has 4 rings (SSSR count). The molecule has 1 aliphatic heterocycles. The molecule has 13 heteroatoms. The molecule has 1 atom stereocenters. The first-order valence-electron chi connectivity index (χ1n) is 13.9. The number of rotatable bonds is 8. The van der Waals surface area contributed by atoms with Crippen molar-refractivity contribution in [1.82, 2.24) is 24.0 Å². The number of imidazole rings is 1. The average molecular weight is 591 g/mol. The van der Waals surface area contributed by atoms with Crippen LogP contribution >= 0.6 is 0 Å². The molecule has 0 bridgehead atoms. The van der Waals surface area contributed by atoms with Crippen LogP contribution in [0.3, 0.4) is 0 Å². The first kappa shape index (κ1) is 30.9. The van der Waals surface area contributed by atoms with Crippen LogP contribution in [0.2, 0.25) is 0 Å². The molecule has 1 aliphatic rings. The Bertz CT molecular complexity index is 1500. The number of aromatic nitrogens is 4. The maximum absolute atomic E-state index is 13.8. The summed E-state index contributed by atoms with van der Waals surface area (Å²) in [5.41, 5.74) is -1.19. The van der Waals surface area contributed by atoms with Crippen molar-refractivity contribution in [3.05, 3.63) is 80.5 Å². The van der Waals surface area contributed by atoms with E-state index in [1.807, 2.05) is 16.4 Å². The number of piperidine rings is 1. The summed E-state index contributed by atoms with van der Waals surface area (Å²) >= 11 is 0. The van der Waals surface area contributed by atoms with Gasteiger partial charge in [0.25, 0.3) is 5.56 Å². The SMILES string of the molecule is Cc1cncn1CCCn1c(N2CCC[C@@H](NC(=O)OC(C)(C)C)C2)cc(=O)n(Cc2ccc(C(F)(F)F)cc2)c1=O. The Balaban J connectivity index is 1.62. The summed E-state index contributed by atoms with van der Waals surface area (Å²) in [5, 5.41) is 2.89. The van der Waals surface area contributed by atoms with Gasteiger partial charge in [-0.2, -0.15) is 13.2 Å². The van der Waals surface area contributed by atoms with Crippen LogP contribution in [0.1, 0.15) is 56.9 Å². The van der Waals surface area contributed by atoms with Crippen LogP contribution in [0.4, 0.5) is 23.8 Å². The molecular formula is C29H37F3N6O4. The van der Waals surface area contributed by atoms with Crippen molar-refractivity contribution in [2.75, 3.05) is 18.0 Å². The van der Waals surface area contributed by atoms with E-state index in [2.05, 4.69) is 10.3 Å². The number of anilines is 1. The molecule has 1 amide bonds. The number of nitrogens with one attached hydrogen (secondary N) is 1. The summed E-state index contributed by atoms with van der Waals surface area (Å²) in [7, 11) is 0. The van der Waals surface area contributed by atoms with Gasteiger partial charge < -0.3 is 19.5 Å². The van der Waals surface area contributed by atoms with E-state index in [1.54, 1.807) is 33.3 Å². The van der Waals surface area contributed by atoms with E-state index >= 15 is 0 Å². The Morgan fingerprint density at radius 1 is 1.10 bits per heavy atom. The van der Waals surface area contributed by atoms with E-state index in [0.717, 1.165) is 28.8 Å². The van der Waals surface area contributed by atoms with E-state index in [-0.39, 0.29) is 12.6 Å². The topological polar surface area (TPSA) is 103 Å². The second-order valence-electron chi connectivity index (χ2n) is 11.6. The molecule has 2 aromatic heterocycles. The molecule has 0 saturated carbocycles. The minimum absolute atomic E-state index is 0.167. The molecule has 1 fully saturated rings. The maximum Gasteiger partial charge on any atom is 0.416 e. The van der Waals surface area contributed by atoms with Gasteiger partial charge in [-0.05, 0) is 64.7 Å². The van der Waals surface area contributed by atoms with Crippen molar-refractivity contribution in [2.45, 2.75) is 84.4 Å². The summed E-state index contributed by atoms with van der Waals surface area (Å²) in [6.07, 6.45) is 0.435. The predicted molar refractivity (Wildman–Crippen MR) is 152 cm³/mol. The van der Waals surface area contributed by atoms with Crippen molar-refractivity contribution < 1.29 is 22.7 Å². The Morgan fingerprint density at radius 2 is 1.81 bits per heavy atom. The number of ether oxygens (including phenoxy) is 1. The predicted octanol–water partition coefficient (Wildman–Crippen LogP) is 4.17. The lowest BCUT2D eigenvalue weighted by molar-refractivity contribution is -0.137. The summed E-state index contributed by atoms with van der Waals surface area (Å²) < 4.78 is 49.0. The van der Waals surface area contributed by atoms with Gasteiger partial charge in [-0.25, -0.2) is 14.6 Å². The molecule has 10 nitrogen and oxygen atoms in total. The lowest BCUT2D eigenvalue weighted by Crippen LogP contribution is -2.51. The molecule has 0 spiro atoms. The van der Waals surface area contributed by atoms with Crippen LogP contribution in [0.5, 0.6) is 0 Å². The number of carbonyl (C=O) groups is 1. The normalized spacial score (nSPS) is 16.0. The number of amides is 1. The zero-order chi connectivity index (χ0) is 30.7. The molecule has 1 N–H and O–H groups in total. The van der Waals surface area contributed by atoms with Crippen molar-refractivity contribution in [2.24, 2.45) is 0 Å². The summed E-state index contributed by atoms with van der Waals surface area (Å²) in [6.45, 7) is 8.95. The maximum atomic E-state index is 13.8. The number of halogens is 3. The molecule has 0 aliphatic carbocycles. The Hall–Kier alpha value is -4.03. The highest BCUT2D eigenvalue weighted by atomic mass is 19.4. The molecule has 42 heavy (non-hydrogen) atoms. The van der Waals surface area contributed by atoms with E-state index in [9.17, 15) is 27.6 Å². The van der Waals surface area contributed by atoms with Gasteiger partial charge in [0, 0.05) is 50.2 Å². The van der Waals surface area contributed by atoms with Crippen LogP contribution in [0.15, 0.2) is 52.4 Å². The number of alkyl carbamates (subject to hydrolysis) is 1. The van der Waals surface area contributed by atoms with E-state index < -0.39 is 34.7 Å². The minimum atomic E-state index is -4.48. The molecule has 3 heterocycles. The first-order chi connectivity index (χ1) is 19.7. The molecule has 3 aromatic rings. The third kappa shape index (κ3) is 7.83. The molecular weight excluding hydrogens is 553 g/mol. The van der Waals surface area contributed by atoms with Crippen molar-refractivity contribution in [3.63, 3.8) is 0 Å². The van der Waals surface area contributed by atoms with E-state index in [0.29, 0.717) is 50.4 Å². The number of carbonyl (C=O) groups excluding carboxylic acids is 1. The van der Waals surface area contributed by atoms with Gasteiger partial charge in [0.15, 0.2) is 0 Å². The number of alkyl halides is 3. The number of benzene rings is 1. The largest absolute Gasteiger partial charge is 0.444 e. The summed E-state index contributed by atoms with van der Waals surface area (Å²) in [5.74, 6) is 0.437. The quantitative estimate of drug-likeness (QED) is 0.423. The minimum Gasteiger partial charge on any atom is -0.444 e. The van der Waals surface area contributed by atoms with Gasteiger partial charge in [-0.1, -0.05) is 12.1 Å². The Morgan fingerprint density at radius 3 is 2.43 bits per heavy atom. The molecule has 0 radical (unpaired) electrons. The van der Waals surface area contributed by atoms with Crippen molar-refractivity contribution in [1.29, 1.82) is 0 Å². The fourth-order valence-electron chi connectivity index (χ4n) is 5.00. The Kier molecular flexibility index (Phi) is 9.17. The monoisotopic (exact) mass is 590 g/mol. The van der Waals surface area contributed by atoms with Gasteiger partial charge in [-0.15, -0.1) is 0 Å². The molecule has 1 saturated heterocycles. The molecule has 0 unspecified atom stereocenters. The average Bonchev–Trinajstić information content (AvgIpc) is 3.30. The number of aryl methyl sites for hydroxylation is 2. The second kappa shape index (κ2) is 12.5. The zero-order valence-corrected chi connectivity index (χ0v) is 24.3. The van der Waals surface area contributed by atoms with Crippen LogP contribution in [-0.4, -0.2) is 49.5 Å². The fraction of sp³-hybridized carbons (Fsp3) is 0.517. The lowest BCUT2D eigenvalue weighted by Gasteiger charge is -2.36. The van der Waals surface area contributed by atoms with E-state index in [1.165, 1.54) is 22.8 Å². The van der Waals surface area contributed by atoms with Crippen LogP contribution in [-0.2, 0) is 30.5 Å². The van der Waals surface area contributed by atoms with E-state index in [4.69, 9.17) is 4.74 Å². The Labute approximate surface area is 241 Å². The number of nitrogens with zero attached hydrogens (tertiary/aromatic N) is 5. The molecule has 228 valence electrons. The smallest absolute Gasteiger partial charge is 0.416 e. The van der Waals surface area contributed by atoms with Crippen LogP contribution in [0.25, 0.3) is 0 Å². The first-order valence-corrected chi connectivity index (χ1v) is 13.9. The fourth-order valence-corrected chi connectivity index (χ4v) is 5.00. The van der Waals surface area contributed by atoms with Gasteiger partial charge in [0.05, 0.1) is 18.4 Å². The highest BCUT2D eigenvalue weighted by Crippen LogP contribution is 2.29. The van der Waals surface area contributed by atoms with Gasteiger partial charge in [0.1, 0.15) is 11.4 Å². The third-order valence-electron chi connectivity index (χ3n) is 7.05. The van der Waals surface area contributed by atoms with Crippen LogP contribution in [0, 0.1) is 6.92 Å². The number of hydrogen-bond donors (Lipinski definition) is 1. The number of hydrogen-bond acceptors (Lipinski definition) is 6. The van der Waals surface area contributed by atoms with Gasteiger partial charge >= 0.3 is 18.0 Å². The van der Waals surface area contributed by atoms with Crippen LogP contribution < -0.4 is 21.5 Å². The summed E-state index contributed by atoms with van der Waals surface area (Å²) in [6, 6.07) is 5.56. The van der Waals surface area contributed by atoms with Crippen molar-refractivity contribution in [3.8, 4) is 0 Å². The molecule has 1 aromatic carbocycles. The third-order valence-corrected chi connectivity index (χ3v) is 7.05. The standard InChI is InChI=1S/C29H37F3N6O4/c1-20-16-33-19-36(20)13-6-14-37-24(35-12-5-7-23(18-35)34-26(40)42-28(2,3)4)15-25(39)38(27(37)41)17-21-8-10-22(11-9-21)29(30,31)32/h8-11,15-16,19,23H,5-7,12-14,17-18H2,1-4H3,(H,34,40)/t23-/m1/s1. The highest BCUT2D eigenvalue weighted by Gasteiger charge is 2.30. The lowest BCUT2D eigenvalue weighted by atomic mass is 10.1. The second-order valence-corrected chi connectivity index (χ2v) is 11.6. The van der Waals surface area contributed by atoms with Gasteiger partial charge in [0.2, 0.25) is 0 Å². The van der Waals surface area contributed by atoms with Gasteiger partial charge in [-0.3, -0.25) is 13.9 Å². The summed E-state index contributed by atoms with van der Waals surface area (Å²) in [4.78, 5) is 45.5. The van der Waals surface area contributed by atoms with Crippen molar-refractivity contribution >= 4 is 11.9 Å².